The first-order valence-corrected chi connectivity index (χ1v) is 6.40. The molecule has 1 heterocycles. The second-order valence-electron chi connectivity index (χ2n) is 5.08. The smallest absolute Gasteiger partial charge is 0.244 e. The fourth-order valence-electron chi connectivity index (χ4n) is 2.45. The molecule has 0 aromatic heterocycles. The van der Waals surface area contributed by atoms with E-state index in [1.165, 1.54) is 0 Å². The summed E-state index contributed by atoms with van der Waals surface area (Å²) in [6.07, 6.45) is 0. The second-order valence-corrected chi connectivity index (χ2v) is 5.08. The van der Waals surface area contributed by atoms with Crippen molar-refractivity contribution in [3.05, 3.63) is 29.8 Å². The van der Waals surface area contributed by atoms with Gasteiger partial charge in [-0.25, -0.2) is 0 Å². The lowest BCUT2D eigenvalue weighted by Gasteiger charge is -2.30. The van der Waals surface area contributed by atoms with E-state index in [2.05, 4.69) is 5.32 Å². The number of hydrogen-bond donors (Lipinski definition) is 1. The number of amides is 2. The summed E-state index contributed by atoms with van der Waals surface area (Å²) in [5.74, 6) is -4.11. The SMILES string of the molecule is CN(C)c1ccc(C2C(C#N)C(=O)NC(=O)C2C#N)cc1. The molecule has 6 heteroatoms. The van der Waals surface area contributed by atoms with E-state index in [0.29, 0.717) is 5.56 Å². The highest BCUT2D eigenvalue weighted by atomic mass is 16.2. The standard InChI is InChI=1S/C15H14N4O2/c1-19(2)10-5-3-9(4-6-10)13-11(7-16)14(20)18-15(21)12(13)8-17/h3-6,11-13H,1-2H3,(H,18,20,21). The Bertz CT molecular complexity index is 620. The number of nitrogens with zero attached hydrogens (tertiary/aromatic N) is 3. The molecular weight excluding hydrogens is 268 g/mol. The molecule has 1 fully saturated rings. The van der Waals surface area contributed by atoms with Gasteiger partial charge < -0.3 is 4.90 Å². The summed E-state index contributed by atoms with van der Waals surface area (Å²) < 4.78 is 0. The molecule has 0 aliphatic carbocycles. The summed E-state index contributed by atoms with van der Waals surface area (Å²) in [4.78, 5) is 25.5. The van der Waals surface area contributed by atoms with E-state index in [1.807, 2.05) is 43.3 Å². The minimum atomic E-state index is -1.04. The van der Waals surface area contributed by atoms with Gasteiger partial charge in [0.1, 0.15) is 11.8 Å². The van der Waals surface area contributed by atoms with Crippen molar-refractivity contribution in [1.29, 1.82) is 10.5 Å². The van der Waals surface area contributed by atoms with Gasteiger partial charge in [-0.3, -0.25) is 14.9 Å². The van der Waals surface area contributed by atoms with Crippen molar-refractivity contribution < 1.29 is 9.59 Å². The lowest BCUT2D eigenvalue weighted by Crippen LogP contribution is -2.49. The Morgan fingerprint density at radius 2 is 1.48 bits per heavy atom. The zero-order chi connectivity index (χ0) is 15.6. The lowest BCUT2D eigenvalue weighted by atomic mass is 9.74. The predicted molar refractivity (Wildman–Crippen MR) is 74.9 cm³/mol. The van der Waals surface area contributed by atoms with E-state index in [1.54, 1.807) is 12.1 Å². The molecule has 1 aromatic carbocycles. The average molecular weight is 282 g/mol. The highest BCUT2D eigenvalue weighted by Gasteiger charge is 2.45. The van der Waals surface area contributed by atoms with Crippen LogP contribution in [0.2, 0.25) is 0 Å². The van der Waals surface area contributed by atoms with Crippen molar-refractivity contribution in [3.8, 4) is 12.1 Å². The number of piperidine rings is 1. The Balaban J connectivity index is 2.45. The molecule has 0 radical (unpaired) electrons. The van der Waals surface area contributed by atoms with Crippen LogP contribution in [0.5, 0.6) is 0 Å². The lowest BCUT2D eigenvalue weighted by molar-refractivity contribution is -0.137. The van der Waals surface area contributed by atoms with Gasteiger partial charge in [-0.1, -0.05) is 12.1 Å². The van der Waals surface area contributed by atoms with Gasteiger partial charge in [-0.2, -0.15) is 10.5 Å². The van der Waals surface area contributed by atoms with Crippen LogP contribution in [0.1, 0.15) is 11.5 Å². The number of benzene rings is 1. The van der Waals surface area contributed by atoms with Crippen LogP contribution in [-0.4, -0.2) is 25.9 Å². The third-order valence-electron chi connectivity index (χ3n) is 3.60. The number of nitrogens with one attached hydrogen (secondary N) is 1. The van der Waals surface area contributed by atoms with Crippen molar-refractivity contribution in [2.24, 2.45) is 11.8 Å². The number of carbonyl (C=O) groups is 2. The fourth-order valence-corrected chi connectivity index (χ4v) is 2.45. The Morgan fingerprint density at radius 3 is 1.86 bits per heavy atom. The predicted octanol–water partition coefficient (Wildman–Crippen LogP) is 0.772. The van der Waals surface area contributed by atoms with Crippen molar-refractivity contribution >= 4 is 17.5 Å². The molecule has 0 saturated carbocycles. The Hall–Kier alpha value is -2.86. The first-order chi connectivity index (χ1) is 9.99. The zero-order valence-corrected chi connectivity index (χ0v) is 11.7. The normalized spacial score (nSPS) is 24.7. The van der Waals surface area contributed by atoms with Crippen molar-refractivity contribution in [1.82, 2.24) is 5.32 Å². The summed E-state index contributed by atoms with van der Waals surface area (Å²) in [6.45, 7) is 0. The topological polar surface area (TPSA) is 97.0 Å². The summed E-state index contributed by atoms with van der Waals surface area (Å²) in [6, 6.07) is 11.0. The number of nitriles is 2. The van der Waals surface area contributed by atoms with E-state index in [9.17, 15) is 20.1 Å². The molecular formula is C15H14N4O2. The third-order valence-corrected chi connectivity index (χ3v) is 3.60. The van der Waals surface area contributed by atoms with E-state index in [4.69, 9.17) is 0 Å². The molecule has 106 valence electrons. The first-order valence-electron chi connectivity index (χ1n) is 6.40. The van der Waals surface area contributed by atoms with Gasteiger partial charge >= 0.3 is 0 Å². The molecule has 1 saturated heterocycles. The molecule has 6 nitrogen and oxygen atoms in total. The van der Waals surface area contributed by atoms with Crippen LogP contribution in [0.4, 0.5) is 5.69 Å². The van der Waals surface area contributed by atoms with E-state index >= 15 is 0 Å². The first kappa shape index (κ1) is 14.5. The Labute approximate surface area is 122 Å². The van der Waals surface area contributed by atoms with E-state index < -0.39 is 29.6 Å². The number of carbonyl (C=O) groups excluding carboxylic acids is 2. The number of hydrogen-bond acceptors (Lipinski definition) is 5. The maximum Gasteiger partial charge on any atom is 0.244 e. The van der Waals surface area contributed by atoms with E-state index in [-0.39, 0.29) is 0 Å². The Morgan fingerprint density at radius 1 is 1.00 bits per heavy atom. The molecule has 2 amide bonds. The molecule has 2 rings (SSSR count). The van der Waals surface area contributed by atoms with Crippen LogP contribution in [0.3, 0.4) is 0 Å². The molecule has 1 aliphatic heterocycles. The van der Waals surface area contributed by atoms with Gasteiger partial charge in [-0.05, 0) is 17.7 Å². The number of anilines is 1. The largest absolute Gasteiger partial charge is 0.378 e. The summed E-state index contributed by atoms with van der Waals surface area (Å²) in [5, 5.41) is 20.5. The molecule has 0 bridgehead atoms. The Kier molecular flexibility index (Phi) is 3.91. The molecule has 1 aromatic rings. The summed E-state index contributed by atoms with van der Waals surface area (Å²) >= 11 is 0. The van der Waals surface area contributed by atoms with Crippen molar-refractivity contribution in [2.45, 2.75) is 5.92 Å². The quantitative estimate of drug-likeness (QED) is 0.808. The molecule has 0 spiro atoms. The van der Waals surface area contributed by atoms with Crippen LogP contribution in [0.15, 0.2) is 24.3 Å². The fraction of sp³-hybridized carbons (Fsp3) is 0.333. The van der Waals surface area contributed by atoms with Gasteiger partial charge in [-0.15, -0.1) is 0 Å². The van der Waals surface area contributed by atoms with Gasteiger partial charge in [0.15, 0.2) is 0 Å². The van der Waals surface area contributed by atoms with Crippen LogP contribution in [0.25, 0.3) is 0 Å². The van der Waals surface area contributed by atoms with Gasteiger partial charge in [0.05, 0.1) is 12.1 Å². The monoisotopic (exact) mass is 282 g/mol. The van der Waals surface area contributed by atoms with Crippen LogP contribution in [-0.2, 0) is 9.59 Å². The highest BCUT2D eigenvalue weighted by Crippen LogP contribution is 2.35. The van der Waals surface area contributed by atoms with Gasteiger partial charge in [0.2, 0.25) is 11.8 Å². The molecule has 1 N–H and O–H groups in total. The summed E-state index contributed by atoms with van der Waals surface area (Å²) in [7, 11) is 3.78. The molecule has 1 aliphatic rings. The van der Waals surface area contributed by atoms with Crippen LogP contribution < -0.4 is 10.2 Å². The minimum absolute atomic E-state index is 0.641. The molecule has 21 heavy (non-hydrogen) atoms. The zero-order valence-electron chi connectivity index (χ0n) is 11.7. The third kappa shape index (κ3) is 2.56. The van der Waals surface area contributed by atoms with Gasteiger partial charge in [0.25, 0.3) is 0 Å². The van der Waals surface area contributed by atoms with Crippen LogP contribution >= 0.6 is 0 Å². The van der Waals surface area contributed by atoms with Crippen molar-refractivity contribution in [3.63, 3.8) is 0 Å². The van der Waals surface area contributed by atoms with Gasteiger partial charge in [0, 0.05) is 25.7 Å². The highest BCUT2D eigenvalue weighted by molar-refractivity contribution is 6.03. The maximum atomic E-state index is 11.8. The summed E-state index contributed by atoms with van der Waals surface area (Å²) in [5.41, 5.74) is 1.59. The van der Waals surface area contributed by atoms with Crippen molar-refractivity contribution in [2.75, 3.05) is 19.0 Å². The second kappa shape index (κ2) is 5.64. The molecule has 2 unspecified atom stereocenters. The number of rotatable bonds is 2. The number of imide groups is 1. The van der Waals surface area contributed by atoms with E-state index in [0.717, 1.165) is 5.69 Å². The minimum Gasteiger partial charge on any atom is -0.378 e. The molecule has 2 atom stereocenters. The van der Waals surface area contributed by atoms with Crippen LogP contribution in [0, 0.1) is 34.5 Å². The average Bonchev–Trinajstić information content (AvgIpc) is 2.46. The maximum absolute atomic E-state index is 11.8.